The first kappa shape index (κ1) is 14.3. The molecule has 3 nitrogen and oxygen atoms in total. The second-order valence-electron chi connectivity index (χ2n) is 5.18. The van der Waals surface area contributed by atoms with E-state index in [1.807, 2.05) is 55.8 Å². The molecule has 2 aromatic rings. The Morgan fingerprint density at radius 3 is 2.53 bits per heavy atom. The Morgan fingerprint density at radius 2 is 1.95 bits per heavy atom. The Morgan fingerprint density at radius 1 is 1.32 bits per heavy atom. The van der Waals surface area contributed by atoms with Crippen LogP contribution < -0.4 is 0 Å². The van der Waals surface area contributed by atoms with Crippen LogP contribution in [0.3, 0.4) is 0 Å². The van der Waals surface area contributed by atoms with Crippen molar-refractivity contribution in [2.45, 2.75) is 38.8 Å². The summed E-state index contributed by atoms with van der Waals surface area (Å²) in [5.74, 6) is 0. The topological polar surface area (TPSA) is 38.0 Å². The van der Waals surface area contributed by atoms with Gasteiger partial charge in [-0.25, -0.2) is 0 Å². The zero-order chi connectivity index (χ0) is 14.0. The van der Waals surface area contributed by atoms with Gasteiger partial charge >= 0.3 is 0 Å². The summed E-state index contributed by atoms with van der Waals surface area (Å²) in [7, 11) is 0. The van der Waals surface area contributed by atoms with Crippen molar-refractivity contribution >= 4 is 15.9 Å². The largest absolute Gasteiger partial charge is 0.386 e. The number of nitrogens with zero attached hydrogens (tertiary/aromatic N) is 2. The van der Waals surface area contributed by atoms with Gasteiger partial charge in [0, 0.05) is 12.0 Å². The standard InChI is InChI=1S/C15H19BrN2O/c1-4-18-13(12(16)10-17-18)14(19)15(2,3)11-8-6-5-7-9-11/h5-10,14,19H,4H2,1-3H3. The Bertz CT molecular complexity index is 549. The van der Waals surface area contributed by atoms with E-state index in [-0.39, 0.29) is 5.41 Å². The fourth-order valence-corrected chi connectivity index (χ4v) is 2.78. The summed E-state index contributed by atoms with van der Waals surface area (Å²) in [6.07, 6.45) is 1.12. The lowest BCUT2D eigenvalue weighted by Gasteiger charge is -2.31. The predicted octanol–water partition coefficient (Wildman–Crippen LogP) is 3.68. The highest BCUT2D eigenvalue weighted by atomic mass is 79.9. The number of aromatic nitrogens is 2. The maximum atomic E-state index is 10.8. The van der Waals surface area contributed by atoms with Crippen LogP contribution in [0.1, 0.15) is 38.1 Å². The first-order valence-corrected chi connectivity index (χ1v) is 7.22. The van der Waals surface area contributed by atoms with Crippen molar-refractivity contribution in [3.8, 4) is 0 Å². The summed E-state index contributed by atoms with van der Waals surface area (Å²) < 4.78 is 2.69. The van der Waals surface area contributed by atoms with Crippen LogP contribution in [0.15, 0.2) is 41.0 Å². The molecule has 1 aromatic carbocycles. The SMILES string of the molecule is CCn1ncc(Br)c1C(O)C(C)(C)c1ccccc1. The first-order valence-electron chi connectivity index (χ1n) is 6.43. The monoisotopic (exact) mass is 322 g/mol. The van der Waals surface area contributed by atoms with Gasteiger partial charge in [-0.2, -0.15) is 5.10 Å². The van der Waals surface area contributed by atoms with Crippen LogP contribution in [-0.2, 0) is 12.0 Å². The third kappa shape index (κ3) is 2.60. The molecule has 0 aliphatic carbocycles. The smallest absolute Gasteiger partial charge is 0.106 e. The van der Waals surface area contributed by atoms with Gasteiger partial charge in [-0.05, 0) is 28.4 Å². The number of hydrogen-bond donors (Lipinski definition) is 1. The van der Waals surface area contributed by atoms with Gasteiger partial charge < -0.3 is 5.11 Å². The van der Waals surface area contributed by atoms with E-state index >= 15 is 0 Å². The average molecular weight is 323 g/mol. The summed E-state index contributed by atoms with van der Waals surface area (Å²) >= 11 is 3.48. The molecule has 0 amide bonds. The number of benzene rings is 1. The van der Waals surface area contributed by atoms with Gasteiger partial charge in [-0.1, -0.05) is 44.2 Å². The van der Waals surface area contributed by atoms with E-state index in [2.05, 4.69) is 21.0 Å². The number of aliphatic hydroxyl groups excluding tert-OH is 1. The number of rotatable bonds is 4. The fourth-order valence-electron chi connectivity index (χ4n) is 2.26. The lowest BCUT2D eigenvalue weighted by Crippen LogP contribution is -2.29. The first-order chi connectivity index (χ1) is 8.98. The van der Waals surface area contributed by atoms with Crippen molar-refractivity contribution in [2.75, 3.05) is 0 Å². The summed E-state index contributed by atoms with van der Waals surface area (Å²) in [4.78, 5) is 0. The lowest BCUT2D eigenvalue weighted by atomic mass is 9.78. The van der Waals surface area contributed by atoms with Crippen molar-refractivity contribution in [2.24, 2.45) is 0 Å². The van der Waals surface area contributed by atoms with Crippen LogP contribution in [0.25, 0.3) is 0 Å². The van der Waals surface area contributed by atoms with Gasteiger partial charge in [0.15, 0.2) is 0 Å². The number of aryl methyl sites for hydroxylation is 1. The molecule has 0 radical (unpaired) electrons. The van der Waals surface area contributed by atoms with Crippen molar-refractivity contribution in [1.82, 2.24) is 9.78 Å². The zero-order valence-electron chi connectivity index (χ0n) is 11.5. The molecule has 4 heteroatoms. The highest BCUT2D eigenvalue weighted by Gasteiger charge is 2.34. The van der Waals surface area contributed by atoms with Crippen LogP contribution in [-0.4, -0.2) is 14.9 Å². The van der Waals surface area contributed by atoms with Crippen molar-refractivity contribution in [3.05, 3.63) is 52.3 Å². The minimum Gasteiger partial charge on any atom is -0.386 e. The minimum absolute atomic E-state index is 0.378. The van der Waals surface area contributed by atoms with E-state index in [1.54, 1.807) is 6.20 Å². The van der Waals surface area contributed by atoms with E-state index in [1.165, 1.54) is 0 Å². The van der Waals surface area contributed by atoms with Crippen molar-refractivity contribution in [1.29, 1.82) is 0 Å². The number of aliphatic hydroxyl groups is 1. The Balaban J connectivity index is 2.43. The lowest BCUT2D eigenvalue weighted by molar-refractivity contribution is 0.0906. The molecule has 19 heavy (non-hydrogen) atoms. The van der Waals surface area contributed by atoms with E-state index in [0.29, 0.717) is 0 Å². The summed E-state index contributed by atoms with van der Waals surface area (Å²) in [5, 5.41) is 15.1. The summed E-state index contributed by atoms with van der Waals surface area (Å²) in [5.41, 5.74) is 1.56. The van der Waals surface area contributed by atoms with E-state index < -0.39 is 6.10 Å². The van der Waals surface area contributed by atoms with Crippen molar-refractivity contribution in [3.63, 3.8) is 0 Å². The molecule has 0 saturated carbocycles. The molecular formula is C15H19BrN2O. The molecule has 1 aromatic heterocycles. The second-order valence-corrected chi connectivity index (χ2v) is 6.04. The maximum Gasteiger partial charge on any atom is 0.106 e. The van der Waals surface area contributed by atoms with Crippen molar-refractivity contribution < 1.29 is 5.11 Å². The van der Waals surface area contributed by atoms with Crippen LogP contribution in [0.2, 0.25) is 0 Å². The molecule has 1 heterocycles. The summed E-state index contributed by atoms with van der Waals surface area (Å²) in [6, 6.07) is 10.1. The van der Waals surface area contributed by atoms with Gasteiger partial charge in [-0.3, -0.25) is 4.68 Å². The molecule has 0 saturated heterocycles. The third-order valence-corrected chi connectivity index (χ3v) is 4.20. The summed E-state index contributed by atoms with van der Waals surface area (Å²) in [6.45, 7) is 6.85. The molecule has 0 aliphatic rings. The molecule has 102 valence electrons. The molecule has 0 aliphatic heterocycles. The van der Waals surface area contributed by atoms with Gasteiger partial charge in [0.05, 0.1) is 16.4 Å². The molecule has 1 atom stereocenters. The van der Waals surface area contributed by atoms with Gasteiger partial charge in [-0.15, -0.1) is 0 Å². The molecule has 0 spiro atoms. The Hall–Kier alpha value is -1.13. The van der Waals surface area contributed by atoms with Crippen LogP contribution in [0.4, 0.5) is 0 Å². The Kier molecular flexibility index (Phi) is 4.11. The highest BCUT2D eigenvalue weighted by molar-refractivity contribution is 9.10. The Labute approximate surface area is 122 Å². The quantitative estimate of drug-likeness (QED) is 0.932. The van der Waals surface area contributed by atoms with Crippen LogP contribution >= 0.6 is 15.9 Å². The third-order valence-electron chi connectivity index (χ3n) is 3.59. The number of halogens is 1. The molecule has 1 unspecified atom stereocenters. The predicted molar refractivity (Wildman–Crippen MR) is 80.0 cm³/mol. The van der Waals surface area contributed by atoms with Crippen LogP contribution in [0, 0.1) is 0 Å². The normalized spacial score (nSPS) is 13.5. The van der Waals surface area contributed by atoms with Crippen LogP contribution in [0.5, 0.6) is 0 Å². The van der Waals surface area contributed by atoms with E-state index in [0.717, 1.165) is 22.3 Å². The zero-order valence-corrected chi connectivity index (χ0v) is 13.1. The fraction of sp³-hybridized carbons (Fsp3) is 0.400. The van der Waals surface area contributed by atoms with Gasteiger partial charge in [0.2, 0.25) is 0 Å². The molecule has 0 fully saturated rings. The van der Waals surface area contributed by atoms with Gasteiger partial charge in [0.1, 0.15) is 6.10 Å². The number of hydrogen-bond acceptors (Lipinski definition) is 2. The molecular weight excluding hydrogens is 304 g/mol. The minimum atomic E-state index is -0.619. The second kappa shape index (κ2) is 5.47. The molecule has 1 N–H and O–H groups in total. The highest BCUT2D eigenvalue weighted by Crippen LogP contribution is 2.39. The van der Waals surface area contributed by atoms with E-state index in [9.17, 15) is 5.11 Å². The average Bonchev–Trinajstić information content (AvgIpc) is 2.79. The maximum absolute atomic E-state index is 10.8. The van der Waals surface area contributed by atoms with Gasteiger partial charge in [0.25, 0.3) is 0 Å². The molecule has 2 rings (SSSR count). The van der Waals surface area contributed by atoms with E-state index in [4.69, 9.17) is 0 Å². The molecule has 0 bridgehead atoms.